The van der Waals surface area contributed by atoms with Crippen molar-refractivity contribution in [2.24, 2.45) is 0 Å². The number of nitrogens with zero attached hydrogens (tertiary/aromatic N) is 1. The standard InChI is InChI=1S/C5H11FN2/c1-5-4-8(6)3-2-7-5/h5,7H,2-4H2,1H3. The van der Waals surface area contributed by atoms with Crippen molar-refractivity contribution in [3.8, 4) is 0 Å². The second kappa shape index (κ2) is 2.42. The van der Waals surface area contributed by atoms with Crippen molar-refractivity contribution in [2.75, 3.05) is 19.6 Å². The number of halogens is 1. The summed E-state index contributed by atoms with van der Waals surface area (Å²) in [6.45, 7) is 3.81. The van der Waals surface area contributed by atoms with Gasteiger partial charge in [0.2, 0.25) is 0 Å². The molecule has 1 heterocycles. The molecular weight excluding hydrogens is 107 g/mol. The zero-order chi connectivity index (χ0) is 5.98. The molecule has 1 aliphatic rings. The number of piperazine rings is 1. The maximum atomic E-state index is 12.2. The van der Waals surface area contributed by atoms with Crippen LogP contribution in [0.2, 0.25) is 0 Å². The van der Waals surface area contributed by atoms with Gasteiger partial charge in [-0.3, -0.25) is 0 Å². The van der Waals surface area contributed by atoms with E-state index in [-0.39, 0.29) is 0 Å². The number of rotatable bonds is 0. The van der Waals surface area contributed by atoms with Crippen LogP contribution in [0.3, 0.4) is 0 Å². The molecule has 0 amide bonds. The van der Waals surface area contributed by atoms with E-state index >= 15 is 0 Å². The molecule has 2 nitrogen and oxygen atoms in total. The monoisotopic (exact) mass is 118 g/mol. The number of nitrogens with one attached hydrogen (secondary N) is 1. The normalized spacial score (nSPS) is 33.0. The minimum Gasteiger partial charge on any atom is -0.312 e. The topological polar surface area (TPSA) is 15.3 Å². The van der Waals surface area contributed by atoms with Crippen LogP contribution in [0.1, 0.15) is 6.92 Å². The van der Waals surface area contributed by atoms with Gasteiger partial charge in [0.15, 0.2) is 0 Å². The molecule has 0 bridgehead atoms. The second-order valence-corrected chi connectivity index (χ2v) is 2.22. The maximum absolute atomic E-state index is 12.2. The molecule has 1 fully saturated rings. The van der Waals surface area contributed by atoms with Crippen molar-refractivity contribution in [1.29, 1.82) is 0 Å². The smallest absolute Gasteiger partial charge is 0.0442 e. The summed E-state index contributed by atoms with van der Waals surface area (Å²) in [7, 11) is 0. The number of hydrogen-bond acceptors (Lipinski definition) is 2. The molecule has 0 aromatic carbocycles. The van der Waals surface area contributed by atoms with Crippen LogP contribution >= 0.6 is 0 Å². The molecule has 0 aliphatic carbocycles. The quantitative estimate of drug-likeness (QED) is 0.456. The van der Waals surface area contributed by atoms with E-state index in [9.17, 15) is 4.48 Å². The molecule has 1 unspecified atom stereocenters. The van der Waals surface area contributed by atoms with E-state index in [4.69, 9.17) is 0 Å². The molecule has 48 valence electrons. The lowest BCUT2D eigenvalue weighted by Crippen LogP contribution is -2.45. The van der Waals surface area contributed by atoms with Crippen molar-refractivity contribution in [2.45, 2.75) is 13.0 Å². The Morgan fingerprint density at radius 1 is 1.75 bits per heavy atom. The minimum absolute atomic E-state index is 0.314. The van der Waals surface area contributed by atoms with Crippen LogP contribution in [0, 0.1) is 0 Å². The third kappa shape index (κ3) is 1.42. The van der Waals surface area contributed by atoms with Crippen molar-refractivity contribution >= 4 is 0 Å². The van der Waals surface area contributed by atoms with E-state index in [1.807, 2.05) is 6.92 Å². The highest BCUT2D eigenvalue weighted by Gasteiger charge is 2.13. The van der Waals surface area contributed by atoms with Gasteiger partial charge in [-0.05, 0) is 6.92 Å². The highest BCUT2D eigenvalue weighted by atomic mass is 19.2. The fraction of sp³-hybridized carbons (Fsp3) is 1.00. The van der Waals surface area contributed by atoms with Crippen LogP contribution < -0.4 is 5.32 Å². The first-order chi connectivity index (χ1) is 3.79. The summed E-state index contributed by atoms with van der Waals surface area (Å²) in [5.74, 6) is 0. The SMILES string of the molecule is CC1CN(F)CCN1. The Morgan fingerprint density at radius 2 is 2.50 bits per heavy atom. The van der Waals surface area contributed by atoms with Crippen molar-refractivity contribution in [1.82, 2.24) is 10.4 Å². The fourth-order valence-electron chi connectivity index (χ4n) is 0.885. The zero-order valence-corrected chi connectivity index (χ0v) is 5.02. The van der Waals surface area contributed by atoms with E-state index in [1.54, 1.807) is 0 Å². The Balaban J connectivity index is 2.23. The van der Waals surface area contributed by atoms with Gasteiger partial charge in [0, 0.05) is 25.7 Å². The average molecular weight is 118 g/mol. The van der Waals surface area contributed by atoms with Gasteiger partial charge in [0.05, 0.1) is 0 Å². The highest BCUT2D eigenvalue weighted by Crippen LogP contribution is 1.96. The molecule has 0 aromatic rings. The van der Waals surface area contributed by atoms with Crippen LogP contribution in [-0.2, 0) is 0 Å². The summed E-state index contributed by atoms with van der Waals surface area (Å²) in [6, 6.07) is 0.314. The molecule has 8 heavy (non-hydrogen) atoms. The molecule has 1 atom stereocenters. The summed E-state index contributed by atoms with van der Waals surface area (Å²) in [4.78, 5) is 0. The Kier molecular flexibility index (Phi) is 1.81. The first kappa shape index (κ1) is 5.98. The van der Waals surface area contributed by atoms with E-state index in [2.05, 4.69) is 5.32 Å². The van der Waals surface area contributed by atoms with Crippen LogP contribution in [0.15, 0.2) is 0 Å². The Bertz CT molecular complexity index is 68.8. The molecule has 1 saturated heterocycles. The van der Waals surface area contributed by atoms with Gasteiger partial charge < -0.3 is 5.32 Å². The highest BCUT2D eigenvalue weighted by molar-refractivity contribution is 4.68. The Labute approximate surface area is 48.6 Å². The van der Waals surface area contributed by atoms with Crippen LogP contribution in [-0.4, -0.2) is 30.8 Å². The van der Waals surface area contributed by atoms with Crippen LogP contribution in [0.4, 0.5) is 4.48 Å². The Hall–Kier alpha value is -0.150. The predicted molar refractivity (Wildman–Crippen MR) is 30.1 cm³/mol. The van der Waals surface area contributed by atoms with Gasteiger partial charge >= 0.3 is 0 Å². The van der Waals surface area contributed by atoms with E-state index < -0.39 is 0 Å². The van der Waals surface area contributed by atoms with Gasteiger partial charge in [-0.1, -0.05) is 0 Å². The predicted octanol–water partition coefficient (Wildman–Crippen LogP) is 0.165. The van der Waals surface area contributed by atoms with Gasteiger partial charge in [-0.15, -0.1) is 9.60 Å². The zero-order valence-electron chi connectivity index (χ0n) is 5.02. The third-order valence-corrected chi connectivity index (χ3v) is 1.32. The summed E-state index contributed by atoms with van der Waals surface area (Å²) in [5, 5.41) is 3.98. The van der Waals surface area contributed by atoms with Crippen LogP contribution in [0.25, 0.3) is 0 Å². The van der Waals surface area contributed by atoms with Gasteiger partial charge in [0.25, 0.3) is 0 Å². The molecule has 1 aliphatic heterocycles. The molecule has 1 N–H and O–H groups in total. The molecular formula is C5H11FN2. The lowest BCUT2D eigenvalue weighted by Gasteiger charge is -2.24. The second-order valence-electron chi connectivity index (χ2n) is 2.22. The van der Waals surface area contributed by atoms with E-state index in [0.29, 0.717) is 19.1 Å². The van der Waals surface area contributed by atoms with Gasteiger partial charge in [0.1, 0.15) is 0 Å². The molecule has 3 heteroatoms. The summed E-state index contributed by atoms with van der Waals surface area (Å²) in [6.07, 6.45) is 0. The van der Waals surface area contributed by atoms with E-state index in [1.165, 1.54) is 0 Å². The third-order valence-electron chi connectivity index (χ3n) is 1.32. The molecule has 0 spiro atoms. The first-order valence-electron chi connectivity index (χ1n) is 2.93. The summed E-state index contributed by atoms with van der Waals surface area (Å²) >= 11 is 0. The first-order valence-corrected chi connectivity index (χ1v) is 2.93. The fourth-order valence-corrected chi connectivity index (χ4v) is 0.885. The molecule has 0 aromatic heterocycles. The number of hydrogen-bond donors (Lipinski definition) is 1. The molecule has 0 radical (unpaired) electrons. The maximum Gasteiger partial charge on any atom is 0.0442 e. The van der Waals surface area contributed by atoms with E-state index in [0.717, 1.165) is 11.7 Å². The minimum atomic E-state index is 0.314. The van der Waals surface area contributed by atoms with Crippen molar-refractivity contribution in [3.63, 3.8) is 0 Å². The lowest BCUT2D eigenvalue weighted by atomic mass is 10.3. The summed E-state index contributed by atoms with van der Waals surface area (Å²) < 4.78 is 12.2. The summed E-state index contributed by atoms with van der Waals surface area (Å²) in [5.41, 5.74) is 0. The van der Waals surface area contributed by atoms with Crippen molar-refractivity contribution < 1.29 is 4.48 Å². The van der Waals surface area contributed by atoms with Crippen LogP contribution in [0.5, 0.6) is 0 Å². The lowest BCUT2D eigenvalue weighted by molar-refractivity contribution is -0.000232. The van der Waals surface area contributed by atoms with Crippen molar-refractivity contribution in [3.05, 3.63) is 0 Å². The molecule has 0 saturated carbocycles. The van der Waals surface area contributed by atoms with Gasteiger partial charge in [-0.25, -0.2) is 0 Å². The Morgan fingerprint density at radius 3 is 2.88 bits per heavy atom. The largest absolute Gasteiger partial charge is 0.312 e. The molecule has 1 rings (SSSR count). The average Bonchev–Trinajstić information content (AvgIpc) is 1.64. The van der Waals surface area contributed by atoms with Gasteiger partial charge in [-0.2, -0.15) is 0 Å².